The predicted octanol–water partition coefficient (Wildman–Crippen LogP) is 3.91. The number of carbonyl (C=O) groups excluding carboxylic acids is 1. The van der Waals surface area contributed by atoms with Gasteiger partial charge in [0.2, 0.25) is 5.91 Å². The van der Waals surface area contributed by atoms with Gasteiger partial charge in [-0.15, -0.1) is 0 Å². The summed E-state index contributed by atoms with van der Waals surface area (Å²) in [5.41, 5.74) is 1.58. The maximum absolute atomic E-state index is 12.2. The van der Waals surface area contributed by atoms with E-state index in [1.165, 1.54) is 19.3 Å². The van der Waals surface area contributed by atoms with Crippen LogP contribution in [-0.4, -0.2) is 5.91 Å². The van der Waals surface area contributed by atoms with Crippen molar-refractivity contribution in [2.24, 2.45) is 10.8 Å². The molecular formula is C17H25NO. The molecule has 0 saturated heterocycles. The van der Waals surface area contributed by atoms with Crippen LogP contribution in [0.25, 0.3) is 0 Å². The van der Waals surface area contributed by atoms with E-state index in [-0.39, 0.29) is 16.7 Å². The van der Waals surface area contributed by atoms with Gasteiger partial charge in [0, 0.05) is 13.0 Å². The highest BCUT2D eigenvalue weighted by Gasteiger charge is 2.45. The van der Waals surface area contributed by atoms with Gasteiger partial charge in [0.15, 0.2) is 0 Å². The molecule has 1 fully saturated rings. The summed E-state index contributed by atoms with van der Waals surface area (Å²) in [5.74, 6) is 0.182. The van der Waals surface area contributed by atoms with Gasteiger partial charge in [-0.2, -0.15) is 0 Å². The minimum atomic E-state index is 0.147. The van der Waals surface area contributed by atoms with Crippen molar-refractivity contribution < 1.29 is 4.79 Å². The summed E-state index contributed by atoms with van der Waals surface area (Å²) in [5, 5.41) is 3.05. The molecule has 0 bridgehead atoms. The zero-order chi connectivity index (χ0) is 13.9. The van der Waals surface area contributed by atoms with Crippen molar-refractivity contribution in [2.75, 3.05) is 0 Å². The van der Waals surface area contributed by atoms with Crippen molar-refractivity contribution in [3.63, 3.8) is 0 Å². The Kier molecular flexibility index (Phi) is 3.98. The maximum Gasteiger partial charge on any atom is 0.220 e. The molecule has 0 heterocycles. The molecule has 1 aromatic rings. The second-order valence-electron chi connectivity index (χ2n) is 6.74. The number of carbonyl (C=O) groups is 1. The van der Waals surface area contributed by atoms with Crippen molar-refractivity contribution in [2.45, 2.75) is 53.0 Å². The zero-order valence-corrected chi connectivity index (χ0v) is 12.3. The predicted molar refractivity (Wildman–Crippen MR) is 78.6 cm³/mol. The fourth-order valence-corrected chi connectivity index (χ4v) is 3.10. The molecule has 1 amide bonds. The van der Waals surface area contributed by atoms with Crippen LogP contribution in [0.5, 0.6) is 0 Å². The number of amides is 1. The van der Waals surface area contributed by atoms with Gasteiger partial charge in [0.1, 0.15) is 0 Å². The lowest BCUT2D eigenvalue weighted by Gasteiger charge is -2.38. The summed E-state index contributed by atoms with van der Waals surface area (Å²) in [7, 11) is 0. The highest BCUT2D eigenvalue weighted by molar-refractivity contribution is 5.76. The third-order valence-corrected chi connectivity index (χ3v) is 5.05. The van der Waals surface area contributed by atoms with Crippen molar-refractivity contribution >= 4 is 5.91 Å². The summed E-state index contributed by atoms with van der Waals surface area (Å²) >= 11 is 0. The van der Waals surface area contributed by atoms with Gasteiger partial charge in [-0.1, -0.05) is 57.5 Å². The number of rotatable bonds is 4. The lowest BCUT2D eigenvalue weighted by molar-refractivity contribution is -0.124. The Morgan fingerprint density at radius 3 is 2.42 bits per heavy atom. The molecule has 1 atom stereocenters. The van der Waals surface area contributed by atoms with Crippen LogP contribution >= 0.6 is 0 Å². The minimum absolute atomic E-state index is 0.147. The molecule has 1 aliphatic carbocycles. The first-order valence-electron chi connectivity index (χ1n) is 7.24. The average molecular weight is 259 g/mol. The van der Waals surface area contributed by atoms with Gasteiger partial charge < -0.3 is 5.32 Å². The van der Waals surface area contributed by atoms with Crippen molar-refractivity contribution in [3.8, 4) is 0 Å². The molecule has 1 aliphatic rings. The van der Waals surface area contributed by atoms with Crippen molar-refractivity contribution in [1.82, 2.24) is 5.32 Å². The largest absolute Gasteiger partial charge is 0.352 e. The Balaban J connectivity index is 1.88. The first kappa shape index (κ1) is 14.1. The molecule has 2 nitrogen and oxygen atoms in total. The Morgan fingerprint density at radius 2 is 1.84 bits per heavy atom. The van der Waals surface area contributed by atoms with E-state index < -0.39 is 0 Å². The fraction of sp³-hybridized carbons (Fsp3) is 0.588. The third-order valence-electron chi connectivity index (χ3n) is 5.05. The second-order valence-corrected chi connectivity index (χ2v) is 6.74. The molecule has 1 saturated carbocycles. The molecule has 19 heavy (non-hydrogen) atoms. The van der Waals surface area contributed by atoms with Crippen molar-refractivity contribution in [3.05, 3.63) is 35.9 Å². The lowest BCUT2D eigenvalue weighted by atomic mass is 9.67. The van der Waals surface area contributed by atoms with Gasteiger partial charge >= 0.3 is 0 Å². The highest BCUT2D eigenvalue weighted by atomic mass is 16.1. The van der Waals surface area contributed by atoms with Crippen LogP contribution in [0.15, 0.2) is 30.3 Å². The van der Waals surface area contributed by atoms with E-state index in [4.69, 9.17) is 0 Å². The lowest BCUT2D eigenvalue weighted by Crippen LogP contribution is -2.36. The Bertz CT molecular complexity index is 438. The molecule has 2 heteroatoms. The van der Waals surface area contributed by atoms with E-state index >= 15 is 0 Å². The molecule has 1 aromatic carbocycles. The second kappa shape index (κ2) is 5.36. The molecule has 0 spiro atoms. The van der Waals surface area contributed by atoms with Crippen LogP contribution in [0.1, 0.15) is 52.0 Å². The molecule has 0 aromatic heterocycles. The van der Waals surface area contributed by atoms with Crippen LogP contribution in [0, 0.1) is 10.8 Å². The highest BCUT2D eigenvalue weighted by Crippen LogP contribution is 2.54. The number of nitrogens with one attached hydrogen (secondary N) is 1. The number of hydrogen-bond acceptors (Lipinski definition) is 1. The Labute approximate surface area is 116 Å². The van der Waals surface area contributed by atoms with E-state index in [0.717, 1.165) is 5.56 Å². The standard InChI is InChI=1S/C17H25NO/c1-16(2)10-7-11-17(16,3)12-15(19)18-13-14-8-5-4-6-9-14/h4-6,8-9H,7,10-13H2,1-3H3,(H,18,19). The van der Waals surface area contributed by atoms with E-state index in [9.17, 15) is 4.79 Å². The zero-order valence-electron chi connectivity index (χ0n) is 12.3. The summed E-state index contributed by atoms with van der Waals surface area (Å²) < 4.78 is 0. The molecule has 2 rings (SSSR count). The summed E-state index contributed by atoms with van der Waals surface area (Å²) in [6.45, 7) is 7.49. The van der Waals surface area contributed by atoms with Gasteiger partial charge in [-0.25, -0.2) is 0 Å². The van der Waals surface area contributed by atoms with Gasteiger partial charge in [0.05, 0.1) is 0 Å². The van der Waals surface area contributed by atoms with Gasteiger partial charge in [-0.3, -0.25) is 4.79 Å². The third kappa shape index (κ3) is 3.17. The molecule has 0 aliphatic heterocycles. The van der Waals surface area contributed by atoms with E-state index in [1.54, 1.807) is 0 Å². The average Bonchev–Trinajstić information content (AvgIpc) is 2.62. The van der Waals surface area contributed by atoms with Crippen molar-refractivity contribution in [1.29, 1.82) is 0 Å². The molecule has 104 valence electrons. The van der Waals surface area contributed by atoms with Gasteiger partial charge in [0.25, 0.3) is 0 Å². The van der Waals surface area contributed by atoms with Crippen LogP contribution in [0.3, 0.4) is 0 Å². The molecular weight excluding hydrogens is 234 g/mol. The number of hydrogen-bond donors (Lipinski definition) is 1. The van der Waals surface area contributed by atoms with Crippen LogP contribution in [-0.2, 0) is 11.3 Å². The van der Waals surface area contributed by atoms with Crippen LogP contribution < -0.4 is 5.32 Å². The molecule has 1 unspecified atom stereocenters. The smallest absolute Gasteiger partial charge is 0.220 e. The normalized spacial score (nSPS) is 25.2. The topological polar surface area (TPSA) is 29.1 Å². The van der Waals surface area contributed by atoms with Crippen LogP contribution in [0.2, 0.25) is 0 Å². The quantitative estimate of drug-likeness (QED) is 0.872. The summed E-state index contributed by atoms with van der Waals surface area (Å²) in [4.78, 5) is 12.2. The SMILES string of the molecule is CC1(C)CCCC1(C)CC(=O)NCc1ccccc1. The summed E-state index contributed by atoms with van der Waals surface area (Å²) in [6, 6.07) is 10.1. The monoisotopic (exact) mass is 259 g/mol. The maximum atomic E-state index is 12.2. The Morgan fingerprint density at radius 1 is 1.16 bits per heavy atom. The van der Waals surface area contributed by atoms with E-state index in [2.05, 4.69) is 26.1 Å². The molecule has 0 radical (unpaired) electrons. The molecule has 1 N–H and O–H groups in total. The minimum Gasteiger partial charge on any atom is -0.352 e. The van der Waals surface area contributed by atoms with Crippen LogP contribution in [0.4, 0.5) is 0 Å². The Hall–Kier alpha value is -1.31. The van der Waals surface area contributed by atoms with E-state index in [0.29, 0.717) is 13.0 Å². The van der Waals surface area contributed by atoms with Gasteiger partial charge in [-0.05, 0) is 29.2 Å². The number of benzene rings is 1. The summed E-state index contributed by atoms with van der Waals surface area (Å²) in [6.07, 6.45) is 4.29. The fourth-order valence-electron chi connectivity index (χ4n) is 3.10. The first-order valence-corrected chi connectivity index (χ1v) is 7.24. The van der Waals surface area contributed by atoms with E-state index in [1.807, 2.05) is 30.3 Å². The first-order chi connectivity index (χ1) is 8.93.